The van der Waals surface area contributed by atoms with Gasteiger partial charge in [-0.3, -0.25) is 4.79 Å². The summed E-state index contributed by atoms with van der Waals surface area (Å²) in [5.74, 6) is -0.263. The largest absolute Gasteiger partial charge is 0.460 e. The van der Waals surface area contributed by atoms with E-state index in [0.29, 0.717) is 64.3 Å². The van der Waals surface area contributed by atoms with Gasteiger partial charge in [0.2, 0.25) is 0 Å². The molecular weight excluding hydrogens is 362 g/mol. The number of aliphatic hydroxyl groups is 4. The normalized spacial score (nSPS) is 16.4. The van der Waals surface area contributed by atoms with Crippen LogP contribution in [-0.4, -0.2) is 63.0 Å². The van der Waals surface area contributed by atoms with Crippen molar-refractivity contribution in [3.63, 3.8) is 0 Å². The highest BCUT2D eigenvalue weighted by Crippen LogP contribution is 2.16. The fourth-order valence-corrected chi connectivity index (χ4v) is 2.87. The van der Waals surface area contributed by atoms with Gasteiger partial charge < -0.3 is 30.5 Å². The zero-order valence-electron chi connectivity index (χ0n) is 17.9. The zero-order chi connectivity index (χ0) is 21.6. The molecule has 0 aromatic heterocycles. The van der Waals surface area contributed by atoms with Crippen LogP contribution in [0.15, 0.2) is 0 Å². The van der Waals surface area contributed by atoms with Crippen LogP contribution in [-0.2, 0) is 9.53 Å². The zero-order valence-corrected chi connectivity index (χ0v) is 17.9. The average molecular weight is 405 g/mol. The second-order valence-corrected chi connectivity index (χ2v) is 8.61. The Balaban J connectivity index is 3.76. The van der Waals surface area contributed by atoms with Gasteiger partial charge in [-0.1, -0.05) is 0 Å². The molecule has 0 aromatic rings. The van der Waals surface area contributed by atoms with Crippen LogP contribution < -0.4 is 5.32 Å². The minimum Gasteiger partial charge on any atom is -0.460 e. The second-order valence-electron chi connectivity index (χ2n) is 8.61. The highest BCUT2D eigenvalue weighted by molar-refractivity contribution is 5.69. The van der Waals surface area contributed by atoms with Crippen LogP contribution in [0.2, 0.25) is 0 Å². The molecule has 4 atom stereocenters. The number of aliphatic hydroxyl groups excluding tert-OH is 4. The Morgan fingerprint density at radius 3 is 1.61 bits per heavy atom. The van der Waals surface area contributed by atoms with Crippen molar-refractivity contribution < 1.29 is 30.0 Å². The number of nitrogens with one attached hydrogen (secondary N) is 1. The smallest absolute Gasteiger partial charge is 0.306 e. The van der Waals surface area contributed by atoms with Crippen molar-refractivity contribution in [2.45, 2.75) is 115 Å². The molecule has 0 saturated heterocycles. The Hall–Kier alpha value is -0.730. The molecule has 0 fully saturated rings. The molecule has 1 radical (unpaired) electrons. The van der Waals surface area contributed by atoms with Crippen molar-refractivity contribution in [2.24, 2.45) is 0 Å². The third kappa shape index (κ3) is 17.4. The predicted molar refractivity (Wildman–Crippen MR) is 109 cm³/mol. The standard InChI is InChI=1S/C21H42NO6/c1-21(2,3)28-20(27)7-5-6-16(23)8-9-17(24)10-11-18(25)12-13-19(26)14-15-22-4/h16-19,22-26H,4-15H2,1-3H3. The van der Waals surface area contributed by atoms with E-state index in [1.165, 1.54) is 0 Å². The van der Waals surface area contributed by atoms with E-state index in [1.54, 1.807) is 0 Å². The first-order chi connectivity index (χ1) is 13.0. The summed E-state index contributed by atoms with van der Waals surface area (Å²) in [6.45, 7) is 6.10. The predicted octanol–water partition coefficient (Wildman–Crippen LogP) is 2.05. The summed E-state index contributed by atoms with van der Waals surface area (Å²) in [5.41, 5.74) is -0.493. The van der Waals surface area contributed by atoms with Crippen molar-refractivity contribution in [1.29, 1.82) is 0 Å². The van der Waals surface area contributed by atoms with Crippen LogP contribution >= 0.6 is 0 Å². The molecule has 0 aromatic carbocycles. The van der Waals surface area contributed by atoms with Gasteiger partial charge in [-0.25, -0.2) is 0 Å². The molecule has 0 aliphatic carbocycles. The van der Waals surface area contributed by atoms with Crippen molar-refractivity contribution in [1.82, 2.24) is 5.32 Å². The van der Waals surface area contributed by atoms with E-state index < -0.39 is 30.0 Å². The first-order valence-corrected chi connectivity index (χ1v) is 10.5. The number of rotatable bonds is 16. The van der Waals surface area contributed by atoms with E-state index in [-0.39, 0.29) is 12.4 Å². The molecule has 0 heterocycles. The van der Waals surface area contributed by atoms with E-state index in [4.69, 9.17) is 4.74 Å². The Kier molecular flexibility index (Phi) is 14.8. The maximum absolute atomic E-state index is 11.6. The summed E-state index contributed by atoms with van der Waals surface area (Å²) in [6, 6.07) is 0. The van der Waals surface area contributed by atoms with Crippen LogP contribution in [0.5, 0.6) is 0 Å². The fraction of sp³-hybridized carbons (Fsp3) is 0.905. The number of esters is 1. The lowest BCUT2D eigenvalue weighted by Gasteiger charge is -2.20. The molecule has 5 N–H and O–H groups in total. The molecule has 0 bridgehead atoms. The second kappa shape index (κ2) is 15.2. The van der Waals surface area contributed by atoms with Gasteiger partial charge in [-0.2, -0.15) is 0 Å². The molecule has 4 unspecified atom stereocenters. The van der Waals surface area contributed by atoms with Crippen LogP contribution in [0.3, 0.4) is 0 Å². The summed E-state index contributed by atoms with van der Waals surface area (Å²) in [6.07, 6.45) is 2.66. The molecule has 0 aliphatic rings. The van der Waals surface area contributed by atoms with Gasteiger partial charge in [0.1, 0.15) is 5.60 Å². The molecule has 0 amide bonds. The highest BCUT2D eigenvalue weighted by atomic mass is 16.6. The van der Waals surface area contributed by atoms with Crippen LogP contribution in [0.4, 0.5) is 0 Å². The molecule has 0 aliphatic heterocycles. The summed E-state index contributed by atoms with van der Waals surface area (Å²) in [7, 11) is 3.49. The number of hydrogen-bond donors (Lipinski definition) is 5. The van der Waals surface area contributed by atoms with Crippen LogP contribution in [0.25, 0.3) is 0 Å². The van der Waals surface area contributed by atoms with Gasteiger partial charge in [0.15, 0.2) is 0 Å². The molecule has 7 heteroatoms. The minimum absolute atomic E-state index is 0.263. The quantitative estimate of drug-likeness (QED) is 0.250. The first-order valence-electron chi connectivity index (χ1n) is 10.5. The van der Waals surface area contributed by atoms with Crippen molar-refractivity contribution >= 4 is 5.97 Å². The lowest BCUT2D eigenvalue weighted by Crippen LogP contribution is -2.24. The topological polar surface area (TPSA) is 119 Å². The van der Waals surface area contributed by atoms with Crippen molar-refractivity contribution in [2.75, 3.05) is 6.54 Å². The molecule has 28 heavy (non-hydrogen) atoms. The van der Waals surface area contributed by atoms with E-state index >= 15 is 0 Å². The molecule has 0 rings (SSSR count). The highest BCUT2D eigenvalue weighted by Gasteiger charge is 2.17. The van der Waals surface area contributed by atoms with E-state index in [2.05, 4.69) is 12.4 Å². The summed E-state index contributed by atoms with van der Waals surface area (Å²) in [4.78, 5) is 11.6. The van der Waals surface area contributed by atoms with Crippen LogP contribution in [0, 0.1) is 7.05 Å². The Morgan fingerprint density at radius 1 is 0.821 bits per heavy atom. The number of carbonyl (C=O) groups is 1. The molecule has 7 nitrogen and oxygen atoms in total. The van der Waals surface area contributed by atoms with Gasteiger partial charge in [-0.15, -0.1) is 0 Å². The first kappa shape index (κ1) is 27.3. The lowest BCUT2D eigenvalue weighted by molar-refractivity contribution is -0.155. The molecule has 0 spiro atoms. The molecule has 167 valence electrons. The molecular formula is C21H42NO6. The van der Waals surface area contributed by atoms with Crippen molar-refractivity contribution in [3.05, 3.63) is 7.05 Å². The third-order valence-electron chi connectivity index (χ3n) is 4.49. The maximum atomic E-state index is 11.6. The number of ether oxygens (including phenoxy) is 1. The number of carbonyl (C=O) groups excluding carboxylic acids is 1. The Bertz CT molecular complexity index is 399. The fourth-order valence-electron chi connectivity index (χ4n) is 2.87. The average Bonchev–Trinajstić information content (AvgIpc) is 2.59. The monoisotopic (exact) mass is 404 g/mol. The van der Waals surface area contributed by atoms with Gasteiger partial charge >= 0.3 is 5.97 Å². The Labute approximate surface area is 170 Å². The summed E-state index contributed by atoms with van der Waals surface area (Å²) >= 11 is 0. The lowest BCUT2D eigenvalue weighted by atomic mass is 9.99. The number of hydrogen-bond acceptors (Lipinski definition) is 7. The maximum Gasteiger partial charge on any atom is 0.306 e. The minimum atomic E-state index is -0.574. The Morgan fingerprint density at radius 2 is 1.21 bits per heavy atom. The third-order valence-corrected chi connectivity index (χ3v) is 4.49. The summed E-state index contributed by atoms with van der Waals surface area (Å²) in [5, 5.41) is 42.4. The van der Waals surface area contributed by atoms with E-state index in [9.17, 15) is 25.2 Å². The van der Waals surface area contributed by atoms with E-state index in [0.717, 1.165) is 0 Å². The van der Waals surface area contributed by atoms with Gasteiger partial charge in [0, 0.05) is 13.5 Å². The van der Waals surface area contributed by atoms with Crippen LogP contribution in [0.1, 0.15) is 85.0 Å². The van der Waals surface area contributed by atoms with Gasteiger partial charge in [0.05, 0.1) is 24.4 Å². The van der Waals surface area contributed by atoms with Gasteiger partial charge in [0.25, 0.3) is 0 Å². The van der Waals surface area contributed by atoms with E-state index in [1.807, 2.05) is 20.8 Å². The van der Waals surface area contributed by atoms with Crippen molar-refractivity contribution in [3.8, 4) is 0 Å². The van der Waals surface area contributed by atoms with Gasteiger partial charge in [-0.05, 0) is 85.1 Å². The summed E-state index contributed by atoms with van der Waals surface area (Å²) < 4.78 is 5.22. The SMILES string of the molecule is [CH2]NCCC(O)CCC(O)CCC(O)CCC(O)CCCC(=O)OC(C)(C)C. The molecule has 0 saturated carbocycles.